The lowest BCUT2D eigenvalue weighted by molar-refractivity contribution is -0.0000104. The molecular weight excluding hydrogens is 267 g/mol. The molecule has 1 rings (SSSR count). The first-order valence-corrected chi connectivity index (χ1v) is 5.06. The first kappa shape index (κ1) is 17.7. The van der Waals surface area contributed by atoms with E-state index in [1.165, 1.54) is 12.1 Å². The minimum absolute atomic E-state index is 0. The van der Waals surface area contributed by atoms with Crippen LogP contribution in [0.4, 0.5) is 18.6 Å². The summed E-state index contributed by atoms with van der Waals surface area (Å²) in [6, 6.07) is 4.82. The Kier molecular flexibility index (Phi) is 7.90. The van der Waals surface area contributed by atoms with E-state index in [0.717, 1.165) is 12.1 Å². The smallest absolute Gasteiger partial charge is 0.762 e. The molecule has 1 aromatic carbocycles. The summed E-state index contributed by atoms with van der Waals surface area (Å²) in [5.74, 6) is 0. The summed E-state index contributed by atoms with van der Waals surface area (Å²) in [6.07, 6.45) is 0. The van der Waals surface area contributed by atoms with Crippen LogP contribution in [0.15, 0.2) is 29.2 Å². The molecule has 0 unspecified atom stereocenters. The normalized spacial score (nSPS) is 9.12. The Balaban J connectivity index is 0. The Morgan fingerprint density at radius 3 is 1.76 bits per heavy atom. The van der Waals surface area contributed by atoms with Crippen LogP contribution in [0.3, 0.4) is 0 Å². The van der Waals surface area contributed by atoms with E-state index in [9.17, 15) is 21.4 Å². The molecule has 0 amide bonds. The van der Waals surface area contributed by atoms with Gasteiger partial charge in [-0.2, -0.15) is 8.42 Å². The predicted molar refractivity (Wildman–Crippen MR) is 50.1 cm³/mol. The summed E-state index contributed by atoms with van der Waals surface area (Å²) in [7, 11) is -7.82. The Hall–Kier alpha value is -1.67. The van der Waals surface area contributed by atoms with Crippen LogP contribution in [0.1, 0.15) is 0 Å². The van der Waals surface area contributed by atoms with Gasteiger partial charge in [-0.15, -0.1) is 0 Å². The highest BCUT2D eigenvalue weighted by atomic mass is 32.2. The predicted octanol–water partition coefficient (Wildman–Crippen LogP) is -0.698. The van der Waals surface area contributed by atoms with Crippen molar-refractivity contribution in [3.05, 3.63) is 29.2 Å². The van der Waals surface area contributed by atoms with E-state index < -0.39 is 17.7 Å². The minimum Gasteiger partial charge on any atom is -1.00 e. The topological polar surface area (TPSA) is 82.5 Å². The molecule has 0 saturated heterocycles. The van der Waals surface area contributed by atoms with E-state index in [1.54, 1.807) is 0 Å². The van der Waals surface area contributed by atoms with Gasteiger partial charge in [0.05, 0.1) is 4.90 Å². The molecule has 0 spiro atoms. The lowest BCUT2D eigenvalue weighted by Gasteiger charge is -1.91. The summed E-state index contributed by atoms with van der Waals surface area (Å²) in [4.78, 5) is 2.59. The maximum atomic E-state index is 10.5. The lowest BCUT2D eigenvalue weighted by atomic mass is 10.3. The molecule has 0 aliphatic rings. The zero-order valence-electron chi connectivity index (χ0n) is 7.96. The average Bonchev–Trinajstić information content (AvgIpc) is 2.16. The van der Waals surface area contributed by atoms with Crippen LogP contribution >= 0.6 is 0 Å². The Morgan fingerprint density at radius 2 is 1.53 bits per heavy atom. The van der Waals surface area contributed by atoms with E-state index in [4.69, 9.17) is 9.95 Å². The van der Waals surface area contributed by atoms with Crippen molar-refractivity contribution in [3.63, 3.8) is 0 Å². The summed E-state index contributed by atoms with van der Waals surface area (Å²) >= 11 is 0. The molecule has 5 nitrogen and oxygen atoms in total. The SMILES string of the molecule is FB(F)F.N#[N+]c1ccc(S(=O)(=O)O)cc1.[F-]. The standard InChI is InChI=1S/C6H4N2O3S.BF3.FH/c7-8-5-1-3-6(4-2-5)12(9,10)11;2-1(3)4;/h1-4H;;1H. The maximum Gasteiger partial charge on any atom is 0.762 e. The molecule has 0 saturated carbocycles. The summed E-state index contributed by atoms with van der Waals surface area (Å²) in [5.41, 5.74) is 0.224. The minimum atomic E-state index is -4.15. The molecule has 0 atom stereocenters. The number of benzene rings is 1. The average molecular weight is 272 g/mol. The van der Waals surface area contributed by atoms with Crippen LogP contribution < -0.4 is 4.70 Å². The molecule has 0 radical (unpaired) electrons. The lowest BCUT2D eigenvalue weighted by Crippen LogP contribution is -3.00. The summed E-state index contributed by atoms with van der Waals surface area (Å²) in [5, 5.41) is 8.24. The van der Waals surface area contributed by atoms with Gasteiger partial charge in [-0.1, -0.05) is 0 Å². The van der Waals surface area contributed by atoms with Crippen molar-refractivity contribution < 1.29 is 30.6 Å². The van der Waals surface area contributed by atoms with Gasteiger partial charge in [0.25, 0.3) is 10.1 Å². The van der Waals surface area contributed by atoms with E-state index in [2.05, 4.69) is 4.98 Å². The fourth-order valence-electron chi connectivity index (χ4n) is 0.685. The monoisotopic (exact) mass is 272 g/mol. The van der Waals surface area contributed by atoms with Gasteiger partial charge in [0.15, 0.2) is 4.98 Å². The van der Waals surface area contributed by atoms with Gasteiger partial charge >= 0.3 is 13.2 Å². The van der Waals surface area contributed by atoms with Gasteiger partial charge in [-0.25, -0.2) is 0 Å². The second kappa shape index (κ2) is 7.58. The van der Waals surface area contributed by atoms with Gasteiger partial charge in [-0.05, 0) is 12.1 Å². The Bertz CT molecular complexity index is 470. The molecule has 11 heteroatoms. The summed E-state index contributed by atoms with van der Waals surface area (Å²) in [6.45, 7) is 0. The summed E-state index contributed by atoms with van der Waals surface area (Å²) < 4.78 is 58.5. The van der Waals surface area contributed by atoms with E-state index >= 15 is 0 Å². The van der Waals surface area contributed by atoms with Crippen molar-refractivity contribution in [1.29, 1.82) is 5.39 Å². The van der Waals surface area contributed by atoms with Gasteiger partial charge < -0.3 is 4.70 Å². The van der Waals surface area contributed by atoms with Crippen molar-refractivity contribution >= 4 is 23.3 Å². The maximum absolute atomic E-state index is 10.5. The number of hydrogen-bond donors (Lipinski definition) is 1. The quantitative estimate of drug-likeness (QED) is 0.317. The van der Waals surface area contributed by atoms with Crippen molar-refractivity contribution in [2.75, 3.05) is 0 Å². The van der Waals surface area contributed by atoms with Crippen LogP contribution in [0, 0.1) is 5.39 Å². The van der Waals surface area contributed by atoms with Crippen molar-refractivity contribution in [1.82, 2.24) is 0 Å². The molecule has 0 heterocycles. The molecule has 94 valence electrons. The highest BCUT2D eigenvalue weighted by molar-refractivity contribution is 7.85. The van der Waals surface area contributed by atoms with Gasteiger partial charge in [-0.3, -0.25) is 17.5 Å². The Morgan fingerprint density at radius 1 is 1.18 bits per heavy atom. The number of diazo groups is 1. The molecule has 1 N–H and O–H groups in total. The molecule has 0 fully saturated rings. The van der Waals surface area contributed by atoms with Crippen LogP contribution in [-0.4, -0.2) is 20.5 Å². The third-order valence-electron chi connectivity index (χ3n) is 1.25. The fraction of sp³-hybridized carbons (Fsp3) is 0. The van der Waals surface area contributed by atoms with E-state index in [0.29, 0.717) is 0 Å². The molecule has 0 aliphatic heterocycles. The molecule has 1 aromatic rings. The number of rotatable bonds is 1. The molecule has 0 aliphatic carbocycles. The van der Waals surface area contributed by atoms with E-state index in [-0.39, 0.29) is 15.3 Å². The highest BCUT2D eigenvalue weighted by Gasteiger charge is 2.11. The first-order chi connectivity index (χ1) is 7.27. The van der Waals surface area contributed by atoms with Crippen LogP contribution in [0.5, 0.6) is 0 Å². The third-order valence-corrected chi connectivity index (χ3v) is 2.12. The number of hydrogen-bond acceptors (Lipinski definition) is 3. The molecule has 17 heavy (non-hydrogen) atoms. The second-order valence-corrected chi connectivity index (χ2v) is 3.74. The molecule has 0 aromatic heterocycles. The van der Waals surface area contributed by atoms with Crippen LogP contribution in [-0.2, 0) is 10.1 Å². The van der Waals surface area contributed by atoms with Crippen LogP contribution in [0.25, 0.3) is 4.98 Å². The first-order valence-electron chi connectivity index (χ1n) is 3.62. The Labute approximate surface area is 94.2 Å². The molecule has 0 bridgehead atoms. The third kappa shape index (κ3) is 8.17. The largest absolute Gasteiger partial charge is 1.00 e. The molecular formula is C6H5BF4N2O3S. The number of halogens is 4. The second-order valence-electron chi connectivity index (χ2n) is 2.32. The fourth-order valence-corrected chi connectivity index (χ4v) is 1.16. The van der Waals surface area contributed by atoms with Crippen molar-refractivity contribution in [2.24, 2.45) is 0 Å². The zero-order chi connectivity index (χ0) is 12.8. The van der Waals surface area contributed by atoms with Gasteiger partial charge in [0, 0.05) is 12.1 Å². The van der Waals surface area contributed by atoms with Gasteiger partial charge in [0.1, 0.15) is 0 Å². The van der Waals surface area contributed by atoms with Crippen molar-refractivity contribution in [3.8, 4) is 0 Å². The van der Waals surface area contributed by atoms with E-state index in [1.807, 2.05) is 0 Å². The van der Waals surface area contributed by atoms with Gasteiger partial charge in [0.2, 0.25) is 5.39 Å². The highest BCUT2D eigenvalue weighted by Crippen LogP contribution is 2.15. The van der Waals surface area contributed by atoms with Crippen LogP contribution in [0.2, 0.25) is 0 Å². The van der Waals surface area contributed by atoms with Crippen molar-refractivity contribution in [2.45, 2.75) is 4.90 Å². The zero-order valence-corrected chi connectivity index (χ0v) is 8.78. The number of nitrogens with zero attached hydrogens (tertiary/aromatic N) is 2.